The first-order valence-electron chi connectivity index (χ1n) is 9.96. The number of nitrogens with zero attached hydrogens (tertiary/aromatic N) is 4. The molecule has 4 nitrogen and oxygen atoms in total. The molecule has 0 amide bonds. The molecule has 140 valence electrons. The van der Waals surface area contributed by atoms with Gasteiger partial charge in [0.1, 0.15) is 0 Å². The molecular weight excluding hydrogens is 352 g/mol. The molecule has 2 aliphatic heterocycles. The van der Waals surface area contributed by atoms with Crippen LogP contribution in [0.4, 0.5) is 0 Å². The number of fused-ring (bicyclic) bond motifs is 1. The molecule has 4 heterocycles. The van der Waals surface area contributed by atoms with Gasteiger partial charge in [-0.15, -0.1) is 11.3 Å². The van der Waals surface area contributed by atoms with Crippen molar-refractivity contribution in [3.63, 3.8) is 0 Å². The Morgan fingerprint density at radius 1 is 1.07 bits per heavy atom. The van der Waals surface area contributed by atoms with Gasteiger partial charge in [0.25, 0.3) is 0 Å². The maximum Gasteiger partial charge on any atom is 0.193 e. The van der Waals surface area contributed by atoms with Gasteiger partial charge in [-0.05, 0) is 49.1 Å². The highest BCUT2D eigenvalue weighted by Gasteiger charge is 2.28. The highest BCUT2D eigenvalue weighted by molar-refractivity contribution is 7.12. The summed E-state index contributed by atoms with van der Waals surface area (Å²) in [6.07, 6.45) is 7.83. The minimum Gasteiger partial charge on any atom is -0.296 e. The summed E-state index contributed by atoms with van der Waals surface area (Å²) in [6, 6.07) is 14.0. The fraction of sp³-hybridized carbons (Fsp3) is 0.409. The number of thiazole rings is 1. The topological polar surface area (TPSA) is 24.3 Å². The van der Waals surface area contributed by atoms with E-state index in [1.54, 1.807) is 16.9 Å². The van der Waals surface area contributed by atoms with Crippen LogP contribution in [0.2, 0.25) is 0 Å². The third kappa shape index (κ3) is 3.59. The SMILES string of the molecule is c1ccc2c(c1)CCN(C1CCCN(Cc3cccn3-c3nccs3)C1)C2. The number of likely N-dealkylation sites (tertiary alicyclic amines) is 1. The van der Waals surface area contributed by atoms with Crippen molar-refractivity contribution in [1.29, 1.82) is 0 Å². The Labute approximate surface area is 165 Å². The molecule has 0 bridgehead atoms. The van der Waals surface area contributed by atoms with Gasteiger partial charge in [-0.1, -0.05) is 24.3 Å². The lowest BCUT2D eigenvalue weighted by molar-refractivity contribution is 0.0830. The molecular formula is C22H26N4S. The van der Waals surface area contributed by atoms with Crippen LogP contribution in [0.5, 0.6) is 0 Å². The number of hydrogen-bond acceptors (Lipinski definition) is 4. The van der Waals surface area contributed by atoms with Gasteiger partial charge in [-0.25, -0.2) is 4.98 Å². The second kappa shape index (κ2) is 7.58. The fourth-order valence-electron chi connectivity index (χ4n) is 4.60. The summed E-state index contributed by atoms with van der Waals surface area (Å²) in [7, 11) is 0. The molecule has 1 atom stereocenters. The van der Waals surface area contributed by atoms with E-state index in [9.17, 15) is 0 Å². The van der Waals surface area contributed by atoms with Crippen molar-refractivity contribution in [2.45, 2.75) is 38.4 Å². The highest BCUT2D eigenvalue weighted by Crippen LogP contribution is 2.25. The van der Waals surface area contributed by atoms with Crippen LogP contribution in [0, 0.1) is 0 Å². The van der Waals surface area contributed by atoms with E-state index >= 15 is 0 Å². The predicted octanol–water partition coefficient (Wildman–Crippen LogP) is 3.96. The lowest BCUT2D eigenvalue weighted by Crippen LogP contribution is -2.49. The summed E-state index contributed by atoms with van der Waals surface area (Å²) in [4.78, 5) is 9.83. The molecule has 0 N–H and O–H groups in total. The second-order valence-electron chi connectivity index (χ2n) is 7.70. The first kappa shape index (κ1) is 17.2. The minimum absolute atomic E-state index is 0.676. The molecule has 0 radical (unpaired) electrons. The third-order valence-corrected chi connectivity index (χ3v) is 6.77. The smallest absolute Gasteiger partial charge is 0.193 e. The predicted molar refractivity (Wildman–Crippen MR) is 110 cm³/mol. The van der Waals surface area contributed by atoms with Crippen LogP contribution in [0.25, 0.3) is 5.13 Å². The average Bonchev–Trinajstić information content (AvgIpc) is 3.39. The summed E-state index contributed by atoms with van der Waals surface area (Å²) >= 11 is 1.70. The maximum absolute atomic E-state index is 4.48. The zero-order chi connectivity index (χ0) is 18.1. The average molecular weight is 379 g/mol. The van der Waals surface area contributed by atoms with Crippen molar-refractivity contribution >= 4 is 11.3 Å². The molecule has 2 aliphatic rings. The van der Waals surface area contributed by atoms with Gasteiger partial charge in [-0.2, -0.15) is 0 Å². The van der Waals surface area contributed by atoms with E-state index in [-0.39, 0.29) is 0 Å². The van der Waals surface area contributed by atoms with E-state index in [1.165, 1.54) is 50.2 Å². The Bertz CT molecular complexity index is 885. The van der Waals surface area contributed by atoms with E-state index in [0.717, 1.165) is 18.2 Å². The molecule has 1 saturated heterocycles. The number of aromatic nitrogens is 2. The van der Waals surface area contributed by atoms with Gasteiger partial charge in [0.05, 0.1) is 0 Å². The summed E-state index contributed by atoms with van der Waals surface area (Å²) in [6.45, 7) is 5.69. The van der Waals surface area contributed by atoms with Crippen molar-refractivity contribution < 1.29 is 0 Å². The fourth-order valence-corrected chi connectivity index (χ4v) is 5.25. The van der Waals surface area contributed by atoms with Crippen molar-refractivity contribution in [3.8, 4) is 5.13 Å². The Kier molecular flexibility index (Phi) is 4.82. The molecule has 0 aliphatic carbocycles. The molecule has 5 heteroatoms. The van der Waals surface area contributed by atoms with Gasteiger partial charge in [0.15, 0.2) is 5.13 Å². The molecule has 1 unspecified atom stereocenters. The standard InChI is InChI=1S/C22H26N4S/c1-2-6-19-15-25(13-9-18(19)5-1)20-7-3-11-24(16-20)17-21-8-4-12-26(21)22-23-10-14-27-22/h1-2,4-6,8,10,12,14,20H,3,7,9,11,13,15-17H2. The Balaban J connectivity index is 1.27. The lowest BCUT2D eigenvalue weighted by atomic mass is 9.96. The van der Waals surface area contributed by atoms with E-state index < -0.39 is 0 Å². The van der Waals surface area contributed by atoms with Crippen molar-refractivity contribution in [2.75, 3.05) is 19.6 Å². The number of rotatable bonds is 4. The third-order valence-electron chi connectivity index (χ3n) is 6.00. The summed E-state index contributed by atoms with van der Waals surface area (Å²) in [5.74, 6) is 0. The lowest BCUT2D eigenvalue weighted by Gasteiger charge is -2.41. The molecule has 1 aromatic carbocycles. The molecule has 1 fully saturated rings. The molecule has 0 saturated carbocycles. The number of hydrogen-bond donors (Lipinski definition) is 0. The van der Waals surface area contributed by atoms with Crippen molar-refractivity contribution in [2.24, 2.45) is 0 Å². The van der Waals surface area contributed by atoms with Gasteiger partial charge in [0, 0.05) is 55.7 Å². The normalized spacial score (nSPS) is 21.3. The molecule has 27 heavy (non-hydrogen) atoms. The highest BCUT2D eigenvalue weighted by atomic mass is 32.1. The minimum atomic E-state index is 0.676. The quantitative estimate of drug-likeness (QED) is 0.687. The molecule has 0 spiro atoms. The first-order valence-corrected chi connectivity index (χ1v) is 10.8. The van der Waals surface area contributed by atoms with Crippen LogP contribution in [0.3, 0.4) is 0 Å². The molecule has 3 aromatic rings. The van der Waals surface area contributed by atoms with E-state index in [0.29, 0.717) is 6.04 Å². The Hall–Kier alpha value is -1.95. The van der Waals surface area contributed by atoms with Crippen LogP contribution in [0.15, 0.2) is 54.2 Å². The van der Waals surface area contributed by atoms with Gasteiger partial charge in [-0.3, -0.25) is 14.4 Å². The summed E-state index contributed by atoms with van der Waals surface area (Å²) in [5.41, 5.74) is 4.41. The van der Waals surface area contributed by atoms with E-state index in [1.807, 2.05) is 11.6 Å². The largest absolute Gasteiger partial charge is 0.296 e. The van der Waals surface area contributed by atoms with E-state index in [2.05, 4.69) is 61.9 Å². The van der Waals surface area contributed by atoms with Crippen molar-refractivity contribution in [3.05, 3.63) is 71.0 Å². The molecule has 5 rings (SSSR count). The Morgan fingerprint density at radius 2 is 2.00 bits per heavy atom. The second-order valence-corrected chi connectivity index (χ2v) is 8.58. The zero-order valence-corrected chi connectivity index (χ0v) is 16.4. The van der Waals surface area contributed by atoms with Gasteiger partial charge >= 0.3 is 0 Å². The van der Waals surface area contributed by atoms with Gasteiger partial charge < -0.3 is 0 Å². The van der Waals surface area contributed by atoms with Crippen molar-refractivity contribution in [1.82, 2.24) is 19.4 Å². The van der Waals surface area contributed by atoms with Gasteiger partial charge in [0.2, 0.25) is 0 Å². The maximum atomic E-state index is 4.48. The van der Waals surface area contributed by atoms with Crippen LogP contribution in [-0.4, -0.2) is 45.0 Å². The summed E-state index contributed by atoms with van der Waals surface area (Å²) < 4.78 is 2.24. The van der Waals surface area contributed by atoms with Crippen LogP contribution in [-0.2, 0) is 19.5 Å². The monoisotopic (exact) mass is 378 g/mol. The summed E-state index contributed by atoms with van der Waals surface area (Å²) in [5, 5.41) is 3.11. The van der Waals surface area contributed by atoms with Crippen LogP contribution >= 0.6 is 11.3 Å². The zero-order valence-electron chi connectivity index (χ0n) is 15.6. The first-order chi connectivity index (χ1) is 13.4. The number of piperidine rings is 1. The van der Waals surface area contributed by atoms with E-state index in [4.69, 9.17) is 0 Å². The Morgan fingerprint density at radius 3 is 2.89 bits per heavy atom. The number of benzene rings is 1. The van der Waals surface area contributed by atoms with Crippen LogP contribution in [0.1, 0.15) is 29.7 Å². The van der Waals surface area contributed by atoms with Crippen LogP contribution < -0.4 is 0 Å². The molecule has 2 aromatic heterocycles.